The summed E-state index contributed by atoms with van der Waals surface area (Å²) in [6.07, 6.45) is 1.77. The average molecular weight is 380 g/mol. The zero-order valence-electron chi connectivity index (χ0n) is 14.6. The van der Waals surface area contributed by atoms with Gasteiger partial charge in [0.15, 0.2) is 17.4 Å². The van der Waals surface area contributed by atoms with Crippen LogP contribution in [0.1, 0.15) is 19.3 Å². The number of ketones is 1. The van der Waals surface area contributed by atoms with Crippen molar-refractivity contribution in [2.45, 2.75) is 25.4 Å². The number of ether oxygens (including phenoxy) is 2. The number of halogens is 2. The second-order valence-corrected chi connectivity index (χ2v) is 6.19. The third kappa shape index (κ3) is 3.91. The van der Waals surface area contributed by atoms with Crippen LogP contribution < -0.4 is 9.80 Å². The molecule has 1 aromatic carbocycles. The van der Waals surface area contributed by atoms with Crippen LogP contribution in [0.2, 0.25) is 0 Å². The van der Waals surface area contributed by atoms with Gasteiger partial charge in [0.1, 0.15) is 6.10 Å². The van der Waals surface area contributed by atoms with Crippen LogP contribution in [-0.4, -0.2) is 44.1 Å². The van der Waals surface area contributed by atoms with Gasteiger partial charge >= 0.3 is 12.1 Å². The highest BCUT2D eigenvalue weighted by atomic mass is 19.2. The summed E-state index contributed by atoms with van der Waals surface area (Å²) in [6.45, 7) is 0.246. The van der Waals surface area contributed by atoms with Crippen LogP contribution in [0.5, 0.6) is 0 Å². The Bertz CT molecular complexity index is 811. The lowest BCUT2D eigenvalue weighted by atomic mass is 10.1. The number of nitrogens with zero attached hydrogens (tertiary/aromatic N) is 2. The number of anilines is 2. The normalized spacial score (nSPS) is 19.4. The Morgan fingerprint density at radius 3 is 2.63 bits per heavy atom. The molecule has 9 heteroatoms. The standard InChI is InChI=1S/C18H18F2N2O5/c1-26-15(24)5-2-12-10-22(18(25)27-12)14-4-3-13(16(19)17(14)20)21-8-6-11(23)7-9-21/h3-4,6,8,12H,2,5,7,9-10H2,1H3/t12-/m0/s1. The number of benzene rings is 1. The van der Waals surface area contributed by atoms with Gasteiger partial charge in [-0.2, -0.15) is 0 Å². The van der Waals surface area contributed by atoms with Gasteiger partial charge in [-0.25, -0.2) is 13.6 Å². The van der Waals surface area contributed by atoms with Crippen LogP contribution in [0, 0.1) is 11.6 Å². The van der Waals surface area contributed by atoms with E-state index in [0.717, 1.165) is 4.90 Å². The van der Waals surface area contributed by atoms with Gasteiger partial charge in [0.05, 0.1) is 25.0 Å². The minimum atomic E-state index is -1.18. The van der Waals surface area contributed by atoms with Crippen molar-refractivity contribution in [3.8, 4) is 0 Å². The number of cyclic esters (lactones) is 1. The highest BCUT2D eigenvalue weighted by Gasteiger charge is 2.35. The van der Waals surface area contributed by atoms with E-state index in [2.05, 4.69) is 4.74 Å². The lowest BCUT2D eigenvalue weighted by Gasteiger charge is -2.24. The van der Waals surface area contributed by atoms with Crippen LogP contribution in [0.4, 0.5) is 25.0 Å². The number of methoxy groups -OCH3 is 1. The molecule has 7 nitrogen and oxygen atoms in total. The maximum atomic E-state index is 14.6. The van der Waals surface area contributed by atoms with Crippen molar-refractivity contribution < 1.29 is 32.6 Å². The molecular formula is C18H18F2N2O5. The first-order valence-corrected chi connectivity index (χ1v) is 8.41. The number of esters is 1. The van der Waals surface area contributed by atoms with Crippen LogP contribution in [0.15, 0.2) is 24.4 Å². The topological polar surface area (TPSA) is 76.2 Å². The summed E-state index contributed by atoms with van der Waals surface area (Å²) in [6, 6.07) is 2.64. The minimum absolute atomic E-state index is 0.00362. The first-order valence-electron chi connectivity index (χ1n) is 8.41. The molecule has 2 aliphatic rings. The van der Waals surface area contributed by atoms with Gasteiger partial charge in [-0.15, -0.1) is 0 Å². The van der Waals surface area contributed by atoms with Crippen LogP contribution >= 0.6 is 0 Å². The van der Waals surface area contributed by atoms with E-state index >= 15 is 0 Å². The predicted molar refractivity (Wildman–Crippen MR) is 91.3 cm³/mol. The van der Waals surface area contributed by atoms with Crippen molar-refractivity contribution in [1.29, 1.82) is 0 Å². The lowest BCUT2D eigenvalue weighted by Crippen LogP contribution is -2.28. The summed E-state index contributed by atoms with van der Waals surface area (Å²) in [7, 11) is 1.25. The Balaban J connectivity index is 1.76. The van der Waals surface area contributed by atoms with Crippen LogP contribution in [0.25, 0.3) is 0 Å². The molecule has 0 aromatic heterocycles. The molecule has 1 fully saturated rings. The number of carbonyl (C=O) groups is 3. The largest absolute Gasteiger partial charge is 0.469 e. The third-order valence-electron chi connectivity index (χ3n) is 4.45. The number of rotatable bonds is 5. The van der Waals surface area contributed by atoms with Gasteiger partial charge < -0.3 is 14.4 Å². The molecule has 2 heterocycles. The molecule has 1 saturated heterocycles. The number of amides is 1. The summed E-state index contributed by atoms with van der Waals surface area (Å²) >= 11 is 0. The molecule has 0 unspecified atom stereocenters. The summed E-state index contributed by atoms with van der Waals surface area (Å²) < 4.78 is 38.8. The lowest BCUT2D eigenvalue weighted by molar-refractivity contribution is -0.141. The Hall–Kier alpha value is -2.97. The zero-order chi connectivity index (χ0) is 19.6. The SMILES string of the molecule is COC(=O)CC[C@H]1CN(c2ccc(N3C=CC(=O)CC3)c(F)c2F)C(=O)O1. The molecule has 1 aromatic rings. The molecule has 1 amide bonds. The second-order valence-electron chi connectivity index (χ2n) is 6.19. The molecule has 3 rings (SSSR count). The summed E-state index contributed by atoms with van der Waals surface area (Å²) in [4.78, 5) is 36.9. The van der Waals surface area contributed by atoms with Crippen molar-refractivity contribution in [2.24, 2.45) is 0 Å². The fourth-order valence-corrected chi connectivity index (χ4v) is 2.97. The molecular weight excluding hydrogens is 362 g/mol. The van der Waals surface area contributed by atoms with Gasteiger partial charge in [-0.05, 0) is 24.6 Å². The monoisotopic (exact) mass is 380 g/mol. The second kappa shape index (κ2) is 7.73. The molecule has 0 N–H and O–H groups in total. The number of allylic oxidation sites excluding steroid dienone is 1. The Kier molecular flexibility index (Phi) is 5.38. The van der Waals surface area contributed by atoms with E-state index in [4.69, 9.17) is 4.74 Å². The summed E-state index contributed by atoms with van der Waals surface area (Å²) in [5, 5.41) is 0. The highest BCUT2D eigenvalue weighted by Crippen LogP contribution is 2.33. The van der Waals surface area contributed by atoms with Crippen molar-refractivity contribution in [3.05, 3.63) is 36.0 Å². The van der Waals surface area contributed by atoms with Crippen molar-refractivity contribution in [1.82, 2.24) is 0 Å². The number of carbonyl (C=O) groups excluding carboxylic acids is 3. The number of hydrogen-bond acceptors (Lipinski definition) is 6. The quantitative estimate of drug-likeness (QED) is 0.731. The van der Waals surface area contributed by atoms with Gasteiger partial charge in [0, 0.05) is 25.6 Å². The fraction of sp³-hybridized carbons (Fsp3) is 0.389. The fourth-order valence-electron chi connectivity index (χ4n) is 2.97. The van der Waals surface area contributed by atoms with E-state index in [1.54, 1.807) is 0 Å². The van der Waals surface area contributed by atoms with E-state index in [1.807, 2.05) is 0 Å². The van der Waals surface area contributed by atoms with Crippen molar-refractivity contribution >= 4 is 29.2 Å². The molecule has 0 aliphatic carbocycles. The smallest absolute Gasteiger partial charge is 0.414 e. The molecule has 144 valence electrons. The van der Waals surface area contributed by atoms with Crippen LogP contribution in [0.3, 0.4) is 0 Å². The van der Waals surface area contributed by atoms with E-state index in [1.165, 1.54) is 36.4 Å². The molecule has 0 bridgehead atoms. The molecule has 0 spiro atoms. The van der Waals surface area contributed by atoms with Gasteiger partial charge in [0.25, 0.3) is 0 Å². The van der Waals surface area contributed by atoms with Gasteiger partial charge in [-0.1, -0.05) is 0 Å². The molecule has 0 saturated carbocycles. The zero-order valence-corrected chi connectivity index (χ0v) is 14.6. The predicted octanol–water partition coefficient (Wildman–Crippen LogP) is 2.54. The summed E-state index contributed by atoms with van der Waals surface area (Å²) in [5.41, 5.74) is -0.256. The van der Waals surface area contributed by atoms with Crippen molar-refractivity contribution in [3.63, 3.8) is 0 Å². The molecule has 27 heavy (non-hydrogen) atoms. The molecule has 0 radical (unpaired) electrons. The van der Waals surface area contributed by atoms with E-state index < -0.39 is 29.8 Å². The molecule has 1 atom stereocenters. The maximum Gasteiger partial charge on any atom is 0.414 e. The Morgan fingerprint density at radius 2 is 1.96 bits per heavy atom. The van der Waals surface area contributed by atoms with E-state index in [0.29, 0.717) is 0 Å². The van der Waals surface area contributed by atoms with E-state index in [-0.39, 0.29) is 49.5 Å². The first kappa shape index (κ1) is 18.8. The van der Waals surface area contributed by atoms with Crippen molar-refractivity contribution in [2.75, 3.05) is 30.0 Å². The Labute approximate surface area is 154 Å². The summed E-state index contributed by atoms with van der Waals surface area (Å²) in [5.74, 6) is -2.82. The average Bonchev–Trinajstić information content (AvgIpc) is 3.03. The van der Waals surface area contributed by atoms with Gasteiger partial charge in [-0.3, -0.25) is 14.5 Å². The van der Waals surface area contributed by atoms with Crippen LogP contribution in [-0.2, 0) is 19.1 Å². The highest BCUT2D eigenvalue weighted by molar-refractivity contribution is 5.92. The Morgan fingerprint density at radius 1 is 1.26 bits per heavy atom. The first-order chi connectivity index (χ1) is 12.9. The number of hydrogen-bond donors (Lipinski definition) is 0. The molecule has 2 aliphatic heterocycles. The van der Waals surface area contributed by atoms with E-state index in [9.17, 15) is 23.2 Å². The van der Waals surface area contributed by atoms with Gasteiger partial charge in [0.2, 0.25) is 0 Å². The maximum absolute atomic E-state index is 14.6. The minimum Gasteiger partial charge on any atom is -0.469 e. The third-order valence-corrected chi connectivity index (χ3v) is 4.45.